The van der Waals surface area contributed by atoms with E-state index in [9.17, 15) is 38.4 Å². The number of hydrogen-bond acceptors (Lipinski definition) is 11. The molecule has 2 N–H and O–H groups in total. The van der Waals surface area contributed by atoms with Crippen molar-refractivity contribution in [3.05, 3.63) is 58.7 Å². The summed E-state index contributed by atoms with van der Waals surface area (Å²) in [5.74, 6) is -6.84. The van der Waals surface area contributed by atoms with Gasteiger partial charge in [0, 0.05) is 48.2 Å². The van der Waals surface area contributed by atoms with Crippen LogP contribution in [0.5, 0.6) is 11.5 Å². The van der Waals surface area contributed by atoms with Crippen molar-refractivity contribution in [3.63, 3.8) is 0 Å². The maximum absolute atomic E-state index is 13.1. The quantitative estimate of drug-likeness (QED) is 0.347. The van der Waals surface area contributed by atoms with Crippen LogP contribution in [-0.4, -0.2) is 71.2 Å². The third-order valence-corrected chi connectivity index (χ3v) is 7.05. The molecule has 13 heteroatoms. The highest BCUT2D eigenvalue weighted by Gasteiger charge is 2.44. The van der Waals surface area contributed by atoms with Gasteiger partial charge in [0.15, 0.2) is 34.7 Å². The van der Waals surface area contributed by atoms with E-state index in [1.54, 1.807) is 41.5 Å². The molecule has 13 nitrogen and oxygen atoms in total. The number of ketones is 6. The highest BCUT2D eigenvalue weighted by atomic mass is 16.6. The van der Waals surface area contributed by atoms with Crippen molar-refractivity contribution in [2.45, 2.75) is 65.6 Å². The van der Waals surface area contributed by atoms with Crippen LogP contribution >= 0.6 is 0 Å². The van der Waals surface area contributed by atoms with E-state index in [0.717, 1.165) is 0 Å². The van der Waals surface area contributed by atoms with Gasteiger partial charge in [-0.1, -0.05) is 0 Å². The van der Waals surface area contributed by atoms with Crippen molar-refractivity contribution >= 4 is 46.9 Å². The van der Waals surface area contributed by atoms with Crippen molar-refractivity contribution in [1.82, 2.24) is 10.6 Å². The lowest BCUT2D eigenvalue weighted by Crippen LogP contribution is -2.35. The molecule has 0 bridgehead atoms. The molecule has 4 rings (SSSR count). The van der Waals surface area contributed by atoms with E-state index in [4.69, 9.17) is 14.2 Å². The Morgan fingerprint density at radius 1 is 0.574 bits per heavy atom. The Bertz CT molecular complexity index is 1570. The van der Waals surface area contributed by atoms with E-state index in [0.29, 0.717) is 0 Å². The summed E-state index contributed by atoms with van der Waals surface area (Å²) in [5.41, 5.74) is -1.38. The smallest absolute Gasteiger partial charge is 0.407 e. The minimum Gasteiger partial charge on any atom is -0.457 e. The minimum absolute atomic E-state index is 0.0102. The zero-order valence-electron chi connectivity index (χ0n) is 26.9. The molecule has 0 aromatic heterocycles. The number of carbonyl (C=O) groups excluding carboxylic acids is 8. The Labute approximate surface area is 270 Å². The topological polar surface area (TPSA) is 188 Å². The molecular formula is C34H36N2O11. The zero-order chi connectivity index (χ0) is 34.8. The van der Waals surface area contributed by atoms with Crippen molar-refractivity contribution in [1.29, 1.82) is 0 Å². The average Bonchev–Trinajstić information content (AvgIpc) is 3.34. The van der Waals surface area contributed by atoms with E-state index in [-0.39, 0.29) is 59.7 Å². The Morgan fingerprint density at radius 2 is 0.915 bits per heavy atom. The number of nitrogens with one attached hydrogen (secondary N) is 2. The number of ether oxygens (including phenoxy) is 3. The SMILES string of the molecule is CC(C)(C)OC(=O)NCCC(=O)C1C(=O)c2ccc(Oc3ccc4c(c3)C(=O)C(C(=O)CCNC(=O)OC(C)(C)C)C4=O)cc2C1=O. The van der Waals surface area contributed by atoms with E-state index >= 15 is 0 Å². The van der Waals surface area contributed by atoms with Crippen LogP contribution in [0.4, 0.5) is 9.59 Å². The van der Waals surface area contributed by atoms with Gasteiger partial charge in [0.05, 0.1) is 0 Å². The molecule has 0 heterocycles. The van der Waals surface area contributed by atoms with Gasteiger partial charge in [-0.3, -0.25) is 28.8 Å². The van der Waals surface area contributed by atoms with Crippen LogP contribution in [0.3, 0.4) is 0 Å². The normalized spacial score (nSPS) is 17.1. The number of rotatable bonds is 10. The highest BCUT2D eigenvalue weighted by Crippen LogP contribution is 2.35. The summed E-state index contributed by atoms with van der Waals surface area (Å²) in [6, 6.07) is 8.19. The second-order valence-electron chi connectivity index (χ2n) is 13.1. The van der Waals surface area contributed by atoms with E-state index < -0.39 is 69.9 Å². The summed E-state index contributed by atoms with van der Waals surface area (Å²) in [5, 5.41) is 4.85. The predicted octanol–water partition coefficient (Wildman–Crippen LogP) is 4.44. The summed E-state index contributed by atoms with van der Waals surface area (Å²) >= 11 is 0. The fourth-order valence-corrected chi connectivity index (χ4v) is 5.08. The van der Waals surface area contributed by atoms with Crippen LogP contribution in [-0.2, 0) is 19.1 Å². The number of Topliss-reactive ketones (excluding diaryl/α,β-unsaturated/α-hetero) is 6. The lowest BCUT2D eigenvalue weighted by atomic mass is 9.96. The summed E-state index contributed by atoms with van der Waals surface area (Å²) in [7, 11) is 0. The number of hydrogen-bond donors (Lipinski definition) is 2. The second kappa shape index (κ2) is 13.3. The summed E-state index contributed by atoms with van der Waals surface area (Å²) in [4.78, 5) is 101. The highest BCUT2D eigenvalue weighted by molar-refractivity contribution is 6.36. The average molecular weight is 649 g/mol. The number of carbonyl (C=O) groups is 8. The maximum Gasteiger partial charge on any atom is 0.407 e. The Hall–Kier alpha value is -5.20. The maximum atomic E-state index is 13.1. The Balaban J connectivity index is 1.38. The predicted molar refractivity (Wildman–Crippen MR) is 165 cm³/mol. The third-order valence-electron chi connectivity index (χ3n) is 7.05. The Morgan fingerprint density at radius 3 is 1.26 bits per heavy atom. The van der Waals surface area contributed by atoms with Gasteiger partial charge in [-0.25, -0.2) is 9.59 Å². The van der Waals surface area contributed by atoms with Crippen molar-refractivity contribution in [3.8, 4) is 11.5 Å². The van der Waals surface area contributed by atoms with Gasteiger partial charge in [0.2, 0.25) is 0 Å². The summed E-state index contributed by atoms with van der Waals surface area (Å²) in [6.45, 7) is 9.87. The molecule has 2 atom stereocenters. The number of amides is 2. The van der Waals surface area contributed by atoms with Gasteiger partial charge in [-0.15, -0.1) is 0 Å². The molecule has 2 aromatic rings. The molecule has 0 radical (unpaired) electrons. The molecule has 2 aromatic carbocycles. The number of alkyl carbamates (subject to hydrolysis) is 2. The summed E-state index contributed by atoms with van der Waals surface area (Å²) in [6.07, 6.45) is -1.98. The molecule has 0 saturated heterocycles. The first kappa shape index (κ1) is 34.7. The fourth-order valence-electron chi connectivity index (χ4n) is 5.08. The molecule has 0 aliphatic heterocycles. The van der Waals surface area contributed by atoms with Crippen molar-refractivity contribution in [2.75, 3.05) is 13.1 Å². The van der Waals surface area contributed by atoms with Gasteiger partial charge < -0.3 is 24.8 Å². The zero-order valence-corrected chi connectivity index (χ0v) is 26.9. The number of benzene rings is 2. The molecule has 0 fully saturated rings. The van der Waals surface area contributed by atoms with Gasteiger partial charge in [0.1, 0.15) is 34.5 Å². The van der Waals surface area contributed by atoms with E-state index in [1.807, 2.05) is 0 Å². The van der Waals surface area contributed by atoms with Gasteiger partial charge in [-0.2, -0.15) is 0 Å². The number of fused-ring (bicyclic) bond motifs is 2. The van der Waals surface area contributed by atoms with Gasteiger partial charge >= 0.3 is 12.2 Å². The molecule has 2 aliphatic carbocycles. The van der Waals surface area contributed by atoms with Crippen LogP contribution in [0.1, 0.15) is 95.8 Å². The molecule has 0 spiro atoms. The lowest BCUT2D eigenvalue weighted by Gasteiger charge is -2.19. The molecule has 2 aliphatic rings. The second-order valence-corrected chi connectivity index (χ2v) is 13.1. The molecule has 2 unspecified atom stereocenters. The monoisotopic (exact) mass is 648 g/mol. The first-order valence-electron chi connectivity index (χ1n) is 15.0. The van der Waals surface area contributed by atoms with Gasteiger partial charge in [0.25, 0.3) is 0 Å². The van der Waals surface area contributed by atoms with Crippen LogP contribution in [0, 0.1) is 11.8 Å². The Kier molecular flexibility index (Phi) is 9.78. The van der Waals surface area contributed by atoms with Crippen LogP contribution in [0.25, 0.3) is 0 Å². The van der Waals surface area contributed by atoms with E-state index in [2.05, 4.69) is 10.6 Å². The van der Waals surface area contributed by atoms with Crippen molar-refractivity contribution < 1.29 is 52.6 Å². The molecule has 0 saturated carbocycles. The fraction of sp³-hybridized carbons (Fsp3) is 0.412. The summed E-state index contributed by atoms with van der Waals surface area (Å²) < 4.78 is 16.0. The molecule has 2 amide bonds. The standard InChI is InChI=1S/C34H36N2O11/c1-33(2,3)46-31(43)35-13-11-23(37)25-27(39)19-9-7-17(15-21(19)29(25)41)45-18-8-10-20-22(16-18)30(42)26(28(20)40)24(38)12-14-36-32(44)47-34(4,5)6/h7-10,15-16,25-26H,11-14H2,1-6H3,(H,35,43)(H,36,44). The lowest BCUT2D eigenvalue weighted by molar-refractivity contribution is -0.121. The molecular weight excluding hydrogens is 612 g/mol. The first-order chi connectivity index (χ1) is 21.9. The van der Waals surface area contributed by atoms with Crippen LogP contribution in [0.15, 0.2) is 36.4 Å². The van der Waals surface area contributed by atoms with Crippen LogP contribution < -0.4 is 15.4 Å². The largest absolute Gasteiger partial charge is 0.457 e. The molecule has 248 valence electrons. The molecule has 47 heavy (non-hydrogen) atoms. The third kappa shape index (κ3) is 8.15. The van der Waals surface area contributed by atoms with Gasteiger partial charge in [-0.05, 0) is 77.9 Å². The first-order valence-corrected chi connectivity index (χ1v) is 15.0. The van der Waals surface area contributed by atoms with Crippen molar-refractivity contribution in [2.24, 2.45) is 11.8 Å². The minimum atomic E-state index is -1.54. The van der Waals surface area contributed by atoms with Crippen LogP contribution in [0.2, 0.25) is 0 Å². The van der Waals surface area contributed by atoms with E-state index in [1.165, 1.54) is 36.4 Å².